The van der Waals surface area contributed by atoms with Gasteiger partial charge in [-0.3, -0.25) is 0 Å². The minimum atomic E-state index is -4.80. The average molecular weight is 442 g/mol. The number of carboxylic acid groups (broad SMARTS) is 1. The zero-order chi connectivity index (χ0) is 19.5. The maximum Gasteiger partial charge on any atom is 1.00 e. The van der Waals surface area contributed by atoms with Gasteiger partial charge in [-0.1, -0.05) is 16.8 Å². The summed E-state index contributed by atoms with van der Waals surface area (Å²) in [7, 11) is -4.80. The number of aryl methyl sites for hydroxylation is 1. The van der Waals surface area contributed by atoms with Gasteiger partial charge >= 0.3 is 59.1 Å². The summed E-state index contributed by atoms with van der Waals surface area (Å²) < 4.78 is 33.3. The van der Waals surface area contributed by atoms with Crippen LogP contribution < -0.4 is 69.2 Å². The summed E-state index contributed by atoms with van der Waals surface area (Å²) in [5.74, 6) is -1.64. The van der Waals surface area contributed by atoms with E-state index >= 15 is 0 Å². The third-order valence-electron chi connectivity index (χ3n) is 3.47. The van der Waals surface area contributed by atoms with Gasteiger partial charge in [0.15, 0.2) is 0 Å². The van der Waals surface area contributed by atoms with Crippen LogP contribution in [-0.4, -0.2) is 25.5 Å². The van der Waals surface area contributed by atoms with Crippen molar-refractivity contribution in [1.29, 1.82) is 0 Å². The smallest absolute Gasteiger partial charge is 0.744 e. The Morgan fingerprint density at radius 2 is 1.82 bits per heavy atom. The van der Waals surface area contributed by atoms with E-state index < -0.39 is 26.5 Å². The maximum atomic E-state index is 11.4. The third-order valence-corrected chi connectivity index (χ3v) is 4.54. The molecule has 0 heterocycles. The molecule has 0 aliphatic rings. The largest absolute Gasteiger partial charge is 1.00 e. The van der Waals surface area contributed by atoms with Gasteiger partial charge in [-0.25, -0.2) is 13.4 Å². The second-order valence-electron chi connectivity index (χ2n) is 5.26. The number of nitrogens with zero attached hydrogens (tertiary/aromatic N) is 3. The van der Waals surface area contributed by atoms with Crippen LogP contribution in [0.5, 0.6) is 0 Å². The van der Waals surface area contributed by atoms with Crippen molar-refractivity contribution in [2.75, 3.05) is 11.6 Å². The number of benzene rings is 2. The van der Waals surface area contributed by atoms with Gasteiger partial charge in [0.25, 0.3) is 0 Å². The van der Waals surface area contributed by atoms with E-state index in [0.29, 0.717) is 10.7 Å². The van der Waals surface area contributed by atoms with Crippen LogP contribution in [0.25, 0.3) is 0 Å². The van der Waals surface area contributed by atoms with E-state index in [-0.39, 0.29) is 71.3 Å². The predicted molar refractivity (Wildman–Crippen MR) is 92.5 cm³/mol. The molecule has 2 aromatic carbocycles. The van der Waals surface area contributed by atoms with Gasteiger partial charge in [-0.05, 0) is 55.8 Å². The van der Waals surface area contributed by atoms with Crippen LogP contribution in [0.15, 0.2) is 51.6 Å². The normalized spacial score (nSPS) is 10.9. The quantitative estimate of drug-likeness (QED) is 0.198. The number of anilines is 1. The van der Waals surface area contributed by atoms with Gasteiger partial charge in [0, 0.05) is 17.1 Å². The second-order valence-corrected chi connectivity index (χ2v) is 7.07. The SMILES string of the molecule is CCN(N=Nc1ccc(Cl)cc1C)c1ccc(S(=O)(=O)[O-])cc1C(=O)[O-].[Na+].[Na+]. The second kappa shape index (κ2) is 11.6. The first-order valence-electron chi connectivity index (χ1n) is 7.40. The molecule has 0 saturated heterocycles. The number of hydrogen-bond donors (Lipinski definition) is 0. The van der Waals surface area contributed by atoms with Crippen molar-refractivity contribution in [3.8, 4) is 0 Å². The van der Waals surface area contributed by atoms with Crippen molar-refractivity contribution >= 4 is 39.1 Å². The van der Waals surface area contributed by atoms with Crippen molar-refractivity contribution in [1.82, 2.24) is 0 Å². The summed E-state index contributed by atoms with van der Waals surface area (Å²) in [5, 5.41) is 21.2. The zero-order valence-corrected chi connectivity index (χ0v) is 21.4. The van der Waals surface area contributed by atoms with Gasteiger partial charge in [0.2, 0.25) is 0 Å². The molecule has 0 unspecified atom stereocenters. The first-order chi connectivity index (χ1) is 12.1. The molecule has 8 nitrogen and oxygen atoms in total. The summed E-state index contributed by atoms with van der Waals surface area (Å²) in [5.41, 5.74) is 0.873. The van der Waals surface area contributed by atoms with E-state index in [1.54, 1.807) is 32.0 Å². The minimum absolute atomic E-state index is 0. The van der Waals surface area contributed by atoms with Crippen molar-refractivity contribution in [3.05, 3.63) is 52.5 Å². The summed E-state index contributed by atoms with van der Waals surface area (Å²) in [6.07, 6.45) is 0. The Morgan fingerprint density at radius 1 is 1.18 bits per heavy atom. The molecule has 0 atom stereocenters. The summed E-state index contributed by atoms with van der Waals surface area (Å²) in [6.45, 7) is 3.72. The molecule has 0 fully saturated rings. The molecule has 0 aliphatic heterocycles. The molecule has 0 bridgehead atoms. The Hall–Kier alpha value is -0.490. The summed E-state index contributed by atoms with van der Waals surface area (Å²) in [6, 6.07) is 7.93. The Balaban J connectivity index is 0.00000364. The van der Waals surface area contributed by atoms with Crippen LogP contribution in [0.2, 0.25) is 5.02 Å². The van der Waals surface area contributed by atoms with Crippen LogP contribution in [0, 0.1) is 6.92 Å². The van der Waals surface area contributed by atoms with Crippen LogP contribution in [0.1, 0.15) is 22.8 Å². The Kier molecular flexibility index (Phi) is 11.4. The first-order valence-corrected chi connectivity index (χ1v) is 9.18. The Bertz CT molecular complexity index is 986. The summed E-state index contributed by atoms with van der Waals surface area (Å²) >= 11 is 5.88. The van der Waals surface area contributed by atoms with Crippen LogP contribution in [-0.2, 0) is 10.1 Å². The van der Waals surface area contributed by atoms with Gasteiger partial charge < -0.3 is 14.5 Å². The predicted octanol–water partition coefficient (Wildman–Crippen LogP) is -3.55. The third kappa shape index (κ3) is 7.08. The number of halogens is 1. The molecular weight excluding hydrogens is 428 g/mol. The van der Waals surface area contributed by atoms with E-state index in [4.69, 9.17) is 11.6 Å². The van der Waals surface area contributed by atoms with E-state index in [1.807, 2.05) is 0 Å². The molecule has 0 aliphatic carbocycles. The van der Waals surface area contributed by atoms with Crippen molar-refractivity contribution in [2.45, 2.75) is 18.7 Å². The van der Waals surface area contributed by atoms with E-state index in [2.05, 4.69) is 10.3 Å². The number of carbonyl (C=O) groups is 1. The van der Waals surface area contributed by atoms with Gasteiger partial charge in [0.05, 0.1) is 22.2 Å². The monoisotopic (exact) mass is 441 g/mol. The molecule has 28 heavy (non-hydrogen) atoms. The number of carbonyl (C=O) groups excluding carboxylic acids is 1. The fourth-order valence-electron chi connectivity index (χ4n) is 2.17. The molecule has 138 valence electrons. The molecule has 0 saturated carbocycles. The molecular formula is C16H14ClN3Na2O5S. The van der Waals surface area contributed by atoms with E-state index in [0.717, 1.165) is 17.7 Å². The average Bonchev–Trinajstić information content (AvgIpc) is 2.56. The van der Waals surface area contributed by atoms with Crippen molar-refractivity contribution < 1.29 is 82.0 Å². The maximum absolute atomic E-state index is 11.4. The molecule has 2 rings (SSSR count). The van der Waals surface area contributed by atoms with Crippen LogP contribution in [0.4, 0.5) is 11.4 Å². The van der Waals surface area contributed by atoms with E-state index in [9.17, 15) is 22.9 Å². The fourth-order valence-corrected chi connectivity index (χ4v) is 2.90. The number of rotatable bonds is 6. The standard InChI is InChI=1S/C16H16ClN3O5S.2Na/c1-3-20(19-18-14-6-4-11(17)8-10(14)2)15-7-5-12(26(23,24)25)9-13(15)16(21)22;;/h4-9H,3H2,1-2H3,(H,21,22)(H,23,24,25);;/q;2*+1/p-2. The topological polar surface area (TPSA) is 125 Å². The van der Waals surface area contributed by atoms with Crippen molar-refractivity contribution in [2.24, 2.45) is 10.3 Å². The Labute approximate surface area is 212 Å². The van der Waals surface area contributed by atoms with Crippen LogP contribution in [0.3, 0.4) is 0 Å². The zero-order valence-electron chi connectivity index (χ0n) is 15.8. The number of aromatic carboxylic acids is 1. The van der Waals surface area contributed by atoms with Gasteiger partial charge in [0.1, 0.15) is 10.1 Å². The van der Waals surface area contributed by atoms with Crippen LogP contribution >= 0.6 is 11.6 Å². The minimum Gasteiger partial charge on any atom is -0.744 e. The number of carboxylic acids is 1. The fraction of sp³-hybridized carbons (Fsp3) is 0.188. The number of hydrogen-bond acceptors (Lipinski definition) is 7. The first kappa shape index (κ1) is 27.5. The molecule has 12 heteroatoms. The summed E-state index contributed by atoms with van der Waals surface area (Å²) in [4.78, 5) is 10.7. The van der Waals surface area contributed by atoms with E-state index in [1.165, 1.54) is 11.1 Å². The molecule has 0 radical (unpaired) electrons. The van der Waals surface area contributed by atoms with Crippen molar-refractivity contribution in [3.63, 3.8) is 0 Å². The molecule has 0 N–H and O–H groups in total. The Morgan fingerprint density at radius 3 is 2.32 bits per heavy atom. The van der Waals surface area contributed by atoms with Gasteiger partial charge in [-0.15, -0.1) is 5.11 Å². The molecule has 2 aromatic rings. The molecule has 0 spiro atoms. The van der Waals surface area contributed by atoms with Gasteiger partial charge in [-0.2, -0.15) is 0 Å². The molecule has 0 aromatic heterocycles. The molecule has 0 amide bonds.